The van der Waals surface area contributed by atoms with Crippen LogP contribution in [0.4, 0.5) is 0 Å². The fourth-order valence-corrected chi connectivity index (χ4v) is 1.81. The summed E-state index contributed by atoms with van der Waals surface area (Å²) in [5, 5.41) is 3.37. The quantitative estimate of drug-likeness (QED) is 0.816. The van der Waals surface area contributed by atoms with Crippen LogP contribution in [0.5, 0.6) is 5.75 Å². The average Bonchev–Trinajstić information content (AvgIpc) is 2.23. The summed E-state index contributed by atoms with van der Waals surface area (Å²) in [6, 6.07) is 6.35. The highest BCUT2D eigenvalue weighted by Gasteiger charge is 2.18. The Morgan fingerprint density at radius 3 is 2.24 bits per heavy atom. The zero-order chi connectivity index (χ0) is 12.9. The first-order chi connectivity index (χ1) is 7.93. The van der Waals surface area contributed by atoms with Crippen LogP contribution in [0.15, 0.2) is 18.2 Å². The smallest absolute Gasteiger partial charge is 0.119 e. The number of rotatable bonds is 6. The van der Waals surface area contributed by atoms with Crippen molar-refractivity contribution in [1.29, 1.82) is 0 Å². The lowest BCUT2D eigenvalue weighted by Crippen LogP contribution is -2.34. The van der Waals surface area contributed by atoms with Crippen LogP contribution in [-0.2, 0) is 0 Å². The summed E-state index contributed by atoms with van der Waals surface area (Å²) in [5.74, 6) is 0.979. The molecular weight excluding hydrogens is 210 g/mol. The molecule has 0 fully saturated rings. The maximum Gasteiger partial charge on any atom is 0.119 e. The molecule has 2 heteroatoms. The second-order valence-corrected chi connectivity index (χ2v) is 5.56. The lowest BCUT2D eigenvalue weighted by molar-refractivity contribution is 0.177. The third-order valence-corrected chi connectivity index (χ3v) is 2.68. The van der Waals surface area contributed by atoms with Crippen LogP contribution in [0.2, 0.25) is 0 Å². The molecule has 17 heavy (non-hydrogen) atoms. The molecule has 0 saturated carbocycles. The number of benzene rings is 1. The van der Waals surface area contributed by atoms with Crippen molar-refractivity contribution in [2.24, 2.45) is 5.41 Å². The fourth-order valence-electron chi connectivity index (χ4n) is 1.81. The van der Waals surface area contributed by atoms with Gasteiger partial charge in [-0.05, 0) is 43.7 Å². The van der Waals surface area contributed by atoms with E-state index in [1.165, 1.54) is 11.1 Å². The standard InChI is InChI=1S/C15H25NO/c1-6-16-10-15(4,5)11-17-14-8-12(2)7-13(3)9-14/h7-9,16H,6,10-11H2,1-5H3. The summed E-state index contributed by atoms with van der Waals surface area (Å²) < 4.78 is 5.89. The highest BCUT2D eigenvalue weighted by atomic mass is 16.5. The summed E-state index contributed by atoms with van der Waals surface area (Å²) in [6.45, 7) is 13.5. The van der Waals surface area contributed by atoms with E-state index >= 15 is 0 Å². The van der Waals surface area contributed by atoms with Gasteiger partial charge in [0.2, 0.25) is 0 Å². The Hall–Kier alpha value is -1.02. The molecule has 0 saturated heterocycles. The van der Waals surface area contributed by atoms with Crippen molar-refractivity contribution in [1.82, 2.24) is 5.32 Å². The molecule has 2 nitrogen and oxygen atoms in total. The minimum atomic E-state index is 0.160. The molecule has 1 aromatic carbocycles. The second-order valence-electron chi connectivity index (χ2n) is 5.56. The highest BCUT2D eigenvalue weighted by molar-refractivity contribution is 5.33. The van der Waals surface area contributed by atoms with Crippen LogP contribution in [0, 0.1) is 19.3 Å². The number of nitrogens with one attached hydrogen (secondary N) is 1. The first-order valence-electron chi connectivity index (χ1n) is 6.35. The number of aryl methyl sites for hydroxylation is 2. The monoisotopic (exact) mass is 235 g/mol. The molecule has 96 valence electrons. The van der Waals surface area contributed by atoms with E-state index in [0.717, 1.165) is 25.4 Å². The summed E-state index contributed by atoms with van der Waals surface area (Å²) in [4.78, 5) is 0. The number of ether oxygens (including phenoxy) is 1. The van der Waals surface area contributed by atoms with E-state index in [9.17, 15) is 0 Å². The van der Waals surface area contributed by atoms with Gasteiger partial charge in [-0.3, -0.25) is 0 Å². The molecule has 0 radical (unpaired) electrons. The SMILES string of the molecule is CCNCC(C)(C)COc1cc(C)cc(C)c1. The van der Waals surface area contributed by atoms with Gasteiger partial charge in [0.15, 0.2) is 0 Å². The van der Waals surface area contributed by atoms with Gasteiger partial charge in [-0.2, -0.15) is 0 Å². The van der Waals surface area contributed by atoms with E-state index in [1.54, 1.807) is 0 Å². The van der Waals surface area contributed by atoms with E-state index < -0.39 is 0 Å². The minimum absolute atomic E-state index is 0.160. The van der Waals surface area contributed by atoms with Crippen LogP contribution >= 0.6 is 0 Å². The molecular formula is C15H25NO. The van der Waals surface area contributed by atoms with E-state index in [4.69, 9.17) is 4.74 Å². The van der Waals surface area contributed by atoms with Gasteiger partial charge in [0.1, 0.15) is 5.75 Å². The van der Waals surface area contributed by atoms with Crippen LogP contribution in [0.25, 0.3) is 0 Å². The summed E-state index contributed by atoms with van der Waals surface area (Å²) in [5.41, 5.74) is 2.67. The molecule has 1 aromatic rings. The van der Waals surface area contributed by atoms with Gasteiger partial charge >= 0.3 is 0 Å². The zero-order valence-electron chi connectivity index (χ0n) is 11.8. The average molecular weight is 235 g/mol. The second kappa shape index (κ2) is 6.06. The van der Waals surface area contributed by atoms with Crippen LogP contribution in [0.1, 0.15) is 31.9 Å². The van der Waals surface area contributed by atoms with Gasteiger partial charge in [-0.1, -0.05) is 26.8 Å². The Morgan fingerprint density at radius 1 is 1.12 bits per heavy atom. The van der Waals surface area contributed by atoms with Crippen LogP contribution in [0.3, 0.4) is 0 Å². The summed E-state index contributed by atoms with van der Waals surface area (Å²) in [6.07, 6.45) is 0. The molecule has 1 rings (SSSR count). The first kappa shape index (κ1) is 14.0. The summed E-state index contributed by atoms with van der Waals surface area (Å²) >= 11 is 0. The molecule has 0 spiro atoms. The Labute approximate surface area is 105 Å². The maximum atomic E-state index is 5.89. The molecule has 0 aliphatic carbocycles. The van der Waals surface area contributed by atoms with Crippen LogP contribution < -0.4 is 10.1 Å². The molecule has 0 amide bonds. The van der Waals surface area contributed by atoms with Gasteiger partial charge in [0, 0.05) is 12.0 Å². The fraction of sp³-hybridized carbons (Fsp3) is 0.600. The van der Waals surface area contributed by atoms with Crippen molar-refractivity contribution >= 4 is 0 Å². The third kappa shape index (κ3) is 5.22. The number of hydrogen-bond donors (Lipinski definition) is 1. The zero-order valence-corrected chi connectivity index (χ0v) is 11.8. The van der Waals surface area contributed by atoms with Crippen molar-refractivity contribution in [3.05, 3.63) is 29.3 Å². The van der Waals surface area contributed by atoms with E-state index in [2.05, 4.69) is 58.1 Å². The van der Waals surface area contributed by atoms with Crippen molar-refractivity contribution in [3.8, 4) is 5.75 Å². The molecule has 0 atom stereocenters. The Morgan fingerprint density at radius 2 is 1.71 bits per heavy atom. The van der Waals surface area contributed by atoms with Gasteiger partial charge in [0.25, 0.3) is 0 Å². The molecule has 0 aromatic heterocycles. The molecule has 1 N–H and O–H groups in total. The van der Waals surface area contributed by atoms with Gasteiger partial charge in [-0.15, -0.1) is 0 Å². The predicted molar refractivity (Wildman–Crippen MR) is 73.7 cm³/mol. The summed E-state index contributed by atoms with van der Waals surface area (Å²) in [7, 11) is 0. The molecule has 0 aliphatic rings. The molecule has 0 heterocycles. The largest absolute Gasteiger partial charge is 0.493 e. The lowest BCUT2D eigenvalue weighted by atomic mass is 9.95. The van der Waals surface area contributed by atoms with Crippen molar-refractivity contribution in [3.63, 3.8) is 0 Å². The van der Waals surface area contributed by atoms with E-state index in [-0.39, 0.29) is 5.41 Å². The van der Waals surface area contributed by atoms with Gasteiger partial charge < -0.3 is 10.1 Å². The molecule has 0 unspecified atom stereocenters. The molecule has 0 bridgehead atoms. The predicted octanol–water partition coefficient (Wildman–Crippen LogP) is 3.32. The van der Waals surface area contributed by atoms with Gasteiger partial charge in [0.05, 0.1) is 6.61 Å². The van der Waals surface area contributed by atoms with E-state index in [1.807, 2.05) is 0 Å². The molecule has 0 aliphatic heterocycles. The van der Waals surface area contributed by atoms with Crippen molar-refractivity contribution in [2.45, 2.75) is 34.6 Å². The van der Waals surface area contributed by atoms with E-state index in [0.29, 0.717) is 0 Å². The highest BCUT2D eigenvalue weighted by Crippen LogP contribution is 2.20. The lowest BCUT2D eigenvalue weighted by Gasteiger charge is -2.25. The third-order valence-electron chi connectivity index (χ3n) is 2.68. The first-order valence-corrected chi connectivity index (χ1v) is 6.35. The number of hydrogen-bond acceptors (Lipinski definition) is 2. The minimum Gasteiger partial charge on any atom is -0.493 e. The normalized spacial score (nSPS) is 11.6. The Kier molecular flexibility index (Phi) is 5.01. The van der Waals surface area contributed by atoms with Crippen molar-refractivity contribution in [2.75, 3.05) is 19.7 Å². The Balaban J connectivity index is 2.54. The topological polar surface area (TPSA) is 21.3 Å². The van der Waals surface area contributed by atoms with Gasteiger partial charge in [-0.25, -0.2) is 0 Å². The maximum absolute atomic E-state index is 5.89. The Bertz CT molecular complexity index is 338. The van der Waals surface area contributed by atoms with Crippen LogP contribution in [-0.4, -0.2) is 19.7 Å². The van der Waals surface area contributed by atoms with Crippen molar-refractivity contribution < 1.29 is 4.74 Å².